The van der Waals surface area contributed by atoms with Gasteiger partial charge >= 0.3 is 12.1 Å². The van der Waals surface area contributed by atoms with E-state index in [1.807, 2.05) is 12.1 Å². The Morgan fingerprint density at radius 3 is 2.34 bits per heavy atom. The predicted octanol–water partition coefficient (Wildman–Crippen LogP) is 4.12. The Morgan fingerprint density at radius 1 is 1.11 bits per heavy atom. The zero-order chi connectivity index (χ0) is 25.3. The van der Waals surface area contributed by atoms with Crippen LogP contribution >= 0.6 is 0 Å². The summed E-state index contributed by atoms with van der Waals surface area (Å²) in [6, 6.07) is 12.2. The average Bonchev–Trinajstić information content (AvgIpc) is 3.39. The van der Waals surface area contributed by atoms with Gasteiger partial charge in [-0.3, -0.25) is 4.79 Å². The molecule has 4 rings (SSSR count). The molecule has 2 aromatic carbocycles. The first-order valence-electron chi connectivity index (χ1n) is 10.8. The molecule has 2 heterocycles. The van der Waals surface area contributed by atoms with Crippen LogP contribution in [-0.2, 0) is 19.3 Å². The highest BCUT2D eigenvalue weighted by Gasteiger charge is 2.44. The standard InChI is InChI=1S/C24H23F3N4O4/c1-14(16-5-7-17(8-6-16)23(33)34)28-21(32)19-20(24(25,26)27)29-31-12-11-30(22(19)31)13-15-3-9-18(35-2)10-4-15/h3-10,14H,11-13H2,1-2H3,(H,28,32)(H,33,34). The fraction of sp³-hybridized carbons (Fsp3) is 0.292. The number of rotatable bonds is 7. The van der Waals surface area contributed by atoms with Gasteiger partial charge in [-0.15, -0.1) is 0 Å². The number of nitrogens with one attached hydrogen (secondary N) is 1. The molecule has 35 heavy (non-hydrogen) atoms. The van der Waals surface area contributed by atoms with E-state index in [0.717, 1.165) is 5.56 Å². The molecule has 1 amide bonds. The Labute approximate surface area is 198 Å². The highest BCUT2D eigenvalue weighted by molar-refractivity contribution is 6.01. The van der Waals surface area contributed by atoms with E-state index in [4.69, 9.17) is 9.84 Å². The number of nitrogens with zero attached hydrogens (tertiary/aromatic N) is 3. The minimum atomic E-state index is -4.82. The number of alkyl halides is 3. The molecule has 0 saturated carbocycles. The lowest BCUT2D eigenvalue weighted by atomic mass is 10.1. The molecule has 8 nitrogen and oxygen atoms in total. The van der Waals surface area contributed by atoms with Crippen LogP contribution in [0, 0.1) is 0 Å². The third kappa shape index (κ3) is 4.93. The molecule has 0 fully saturated rings. The van der Waals surface area contributed by atoms with Gasteiger partial charge in [-0.25, -0.2) is 9.48 Å². The lowest BCUT2D eigenvalue weighted by molar-refractivity contribution is -0.141. The van der Waals surface area contributed by atoms with E-state index in [2.05, 4.69) is 10.4 Å². The first-order valence-corrected chi connectivity index (χ1v) is 10.8. The monoisotopic (exact) mass is 488 g/mol. The summed E-state index contributed by atoms with van der Waals surface area (Å²) in [6.45, 7) is 2.52. The van der Waals surface area contributed by atoms with E-state index >= 15 is 0 Å². The Bertz CT molecular complexity index is 1240. The molecule has 3 aromatic rings. The smallest absolute Gasteiger partial charge is 0.436 e. The van der Waals surface area contributed by atoms with Crippen molar-refractivity contribution in [3.63, 3.8) is 0 Å². The van der Waals surface area contributed by atoms with Gasteiger partial charge in [0.15, 0.2) is 5.69 Å². The molecule has 0 bridgehead atoms. The van der Waals surface area contributed by atoms with Crippen LogP contribution in [0.2, 0.25) is 0 Å². The number of carboxylic acid groups (broad SMARTS) is 1. The van der Waals surface area contributed by atoms with Gasteiger partial charge < -0.3 is 20.1 Å². The van der Waals surface area contributed by atoms with Gasteiger partial charge in [0.25, 0.3) is 5.91 Å². The normalized spacial score (nSPS) is 13.9. The number of halogens is 3. The number of hydrogen-bond acceptors (Lipinski definition) is 5. The van der Waals surface area contributed by atoms with E-state index in [1.165, 1.54) is 28.9 Å². The Kier molecular flexibility index (Phi) is 6.42. The molecule has 0 radical (unpaired) electrons. The molecule has 1 aromatic heterocycles. The second-order valence-electron chi connectivity index (χ2n) is 8.16. The second kappa shape index (κ2) is 9.32. The van der Waals surface area contributed by atoms with Crippen molar-refractivity contribution in [1.82, 2.24) is 15.1 Å². The Hall–Kier alpha value is -4.02. The van der Waals surface area contributed by atoms with Crippen molar-refractivity contribution in [2.24, 2.45) is 0 Å². The fourth-order valence-electron chi connectivity index (χ4n) is 4.03. The molecule has 0 spiro atoms. The van der Waals surface area contributed by atoms with Crippen molar-refractivity contribution < 1.29 is 32.6 Å². The lowest BCUT2D eigenvalue weighted by Crippen LogP contribution is -2.31. The van der Waals surface area contributed by atoms with Crippen LogP contribution in [0.15, 0.2) is 48.5 Å². The van der Waals surface area contributed by atoms with Gasteiger partial charge in [0.05, 0.1) is 25.3 Å². The van der Waals surface area contributed by atoms with Crippen molar-refractivity contribution in [3.05, 3.63) is 76.5 Å². The Balaban J connectivity index is 1.63. The number of aromatic carboxylic acids is 1. The number of carbonyl (C=O) groups excluding carboxylic acids is 1. The molecule has 2 N–H and O–H groups in total. The van der Waals surface area contributed by atoms with Gasteiger partial charge in [0.2, 0.25) is 0 Å². The molecule has 1 aliphatic rings. The van der Waals surface area contributed by atoms with Crippen molar-refractivity contribution in [2.45, 2.75) is 32.2 Å². The van der Waals surface area contributed by atoms with Gasteiger partial charge in [-0.1, -0.05) is 24.3 Å². The minimum Gasteiger partial charge on any atom is -0.497 e. The summed E-state index contributed by atoms with van der Waals surface area (Å²) in [6.07, 6.45) is -4.82. The lowest BCUT2D eigenvalue weighted by Gasteiger charge is -2.21. The van der Waals surface area contributed by atoms with Gasteiger partial charge in [0.1, 0.15) is 17.1 Å². The molecular formula is C24H23F3N4O4. The van der Waals surface area contributed by atoms with Crippen LogP contribution in [-0.4, -0.2) is 40.4 Å². The summed E-state index contributed by atoms with van der Waals surface area (Å²) in [5.41, 5.74) is -0.311. The predicted molar refractivity (Wildman–Crippen MR) is 121 cm³/mol. The highest BCUT2D eigenvalue weighted by atomic mass is 19.4. The van der Waals surface area contributed by atoms with Crippen molar-refractivity contribution in [1.29, 1.82) is 0 Å². The van der Waals surface area contributed by atoms with Crippen molar-refractivity contribution in [2.75, 3.05) is 18.6 Å². The quantitative estimate of drug-likeness (QED) is 0.520. The fourth-order valence-corrected chi connectivity index (χ4v) is 4.03. The number of anilines is 1. The number of aromatic nitrogens is 2. The van der Waals surface area contributed by atoms with Crippen LogP contribution in [0.25, 0.3) is 0 Å². The maximum Gasteiger partial charge on any atom is 0.436 e. The highest BCUT2D eigenvalue weighted by Crippen LogP contribution is 2.38. The third-order valence-corrected chi connectivity index (χ3v) is 5.84. The van der Waals surface area contributed by atoms with E-state index in [-0.39, 0.29) is 17.9 Å². The summed E-state index contributed by atoms with van der Waals surface area (Å²) >= 11 is 0. The number of amides is 1. The number of hydrogen-bond donors (Lipinski definition) is 2. The second-order valence-corrected chi connectivity index (χ2v) is 8.16. The molecule has 1 aliphatic heterocycles. The van der Waals surface area contributed by atoms with E-state index in [1.54, 1.807) is 31.1 Å². The van der Waals surface area contributed by atoms with Crippen LogP contribution in [0.4, 0.5) is 19.0 Å². The van der Waals surface area contributed by atoms with Gasteiger partial charge in [-0.05, 0) is 42.3 Å². The average molecular weight is 488 g/mol. The minimum absolute atomic E-state index is 0.0651. The van der Waals surface area contributed by atoms with Gasteiger partial charge in [0, 0.05) is 13.1 Å². The zero-order valence-corrected chi connectivity index (χ0v) is 19.0. The molecular weight excluding hydrogens is 465 g/mol. The molecule has 1 unspecified atom stereocenters. The molecule has 184 valence electrons. The van der Waals surface area contributed by atoms with E-state index in [9.17, 15) is 22.8 Å². The molecule has 1 atom stereocenters. The van der Waals surface area contributed by atoms with E-state index in [0.29, 0.717) is 24.4 Å². The van der Waals surface area contributed by atoms with Crippen LogP contribution < -0.4 is 15.0 Å². The maximum absolute atomic E-state index is 13.8. The number of ether oxygens (including phenoxy) is 1. The Morgan fingerprint density at radius 2 is 1.77 bits per heavy atom. The first kappa shape index (κ1) is 24.1. The van der Waals surface area contributed by atoms with E-state index < -0.39 is 35.4 Å². The van der Waals surface area contributed by atoms with Crippen LogP contribution in [0.5, 0.6) is 5.75 Å². The molecule has 0 saturated heterocycles. The van der Waals surface area contributed by atoms with Crippen molar-refractivity contribution >= 4 is 17.7 Å². The zero-order valence-electron chi connectivity index (χ0n) is 19.0. The number of carbonyl (C=O) groups is 2. The van der Waals surface area contributed by atoms with Crippen LogP contribution in [0.3, 0.4) is 0 Å². The summed E-state index contributed by atoms with van der Waals surface area (Å²) in [5, 5.41) is 15.4. The largest absolute Gasteiger partial charge is 0.497 e. The number of methoxy groups -OCH3 is 1. The maximum atomic E-state index is 13.8. The SMILES string of the molecule is COc1ccc(CN2CCn3nc(C(F)(F)F)c(C(=O)NC(C)c4ccc(C(=O)O)cc4)c32)cc1. The van der Waals surface area contributed by atoms with Crippen molar-refractivity contribution in [3.8, 4) is 5.75 Å². The summed E-state index contributed by atoms with van der Waals surface area (Å²) in [5.74, 6) is -1.24. The summed E-state index contributed by atoms with van der Waals surface area (Å²) in [7, 11) is 1.54. The third-order valence-electron chi connectivity index (χ3n) is 5.84. The number of fused-ring (bicyclic) bond motifs is 1. The number of carboxylic acids is 1. The van der Waals surface area contributed by atoms with Gasteiger partial charge in [-0.2, -0.15) is 18.3 Å². The number of benzene rings is 2. The summed E-state index contributed by atoms with van der Waals surface area (Å²) in [4.78, 5) is 25.9. The van der Waals surface area contributed by atoms with Crippen LogP contribution in [0.1, 0.15) is 50.5 Å². The topological polar surface area (TPSA) is 96.7 Å². The molecule has 0 aliphatic carbocycles. The first-order chi connectivity index (χ1) is 16.6. The molecule has 11 heteroatoms. The summed E-state index contributed by atoms with van der Waals surface area (Å²) < 4.78 is 47.9.